The molecule has 2 aromatic heterocycles. The molecule has 2 amide bonds. The minimum Gasteiger partial charge on any atom is -0.444 e. The molecule has 2 saturated heterocycles. The number of likely N-dealkylation sites (tertiary alicyclic amines) is 1. The van der Waals surface area contributed by atoms with E-state index in [1.54, 1.807) is 9.47 Å². The first-order valence-electron chi connectivity index (χ1n) is 16.8. The number of carbonyl (C=O) groups excluding carboxylic acids is 2. The van der Waals surface area contributed by atoms with E-state index in [1.807, 2.05) is 52.8 Å². The molecule has 0 radical (unpaired) electrons. The lowest BCUT2D eigenvalue weighted by Gasteiger charge is -2.40. The van der Waals surface area contributed by atoms with Gasteiger partial charge in [-0.25, -0.2) is 9.78 Å². The Bertz CT molecular complexity index is 1880. The summed E-state index contributed by atoms with van der Waals surface area (Å²) in [6.45, 7) is 11.4. The van der Waals surface area contributed by atoms with Crippen LogP contribution in [-0.4, -0.2) is 90.7 Å². The number of aliphatic hydroxyl groups is 1. The maximum atomic E-state index is 13.6. The molecule has 11 nitrogen and oxygen atoms in total. The summed E-state index contributed by atoms with van der Waals surface area (Å²) >= 11 is 6.68. The van der Waals surface area contributed by atoms with Gasteiger partial charge in [-0.15, -0.1) is 0 Å². The van der Waals surface area contributed by atoms with E-state index in [2.05, 4.69) is 4.98 Å². The van der Waals surface area contributed by atoms with Crippen LogP contribution in [0, 0.1) is 18.3 Å². The van der Waals surface area contributed by atoms with Gasteiger partial charge in [0.1, 0.15) is 17.1 Å². The Balaban J connectivity index is 1.19. The largest absolute Gasteiger partial charge is 0.444 e. The SMILES string of the molecule is Cc1cc(-n2c(Cl)cc3c(=O)n(CC4(O)CCN(C(=O)[C@]5(C)C[C@H]5C(F)(F)F)CC4)cnc32)ccc1[C@H]1CO[C@H](C)CN1C(=O)OC(C)(C)C. The number of piperidine rings is 1. The van der Waals surface area contributed by atoms with Gasteiger partial charge < -0.3 is 19.5 Å². The first-order chi connectivity index (χ1) is 23.2. The number of amides is 2. The van der Waals surface area contributed by atoms with Crippen LogP contribution in [0.4, 0.5) is 18.0 Å². The second-order valence-corrected chi connectivity index (χ2v) is 15.7. The number of ether oxygens (including phenoxy) is 2. The number of hydrogen-bond acceptors (Lipinski definition) is 7. The average molecular weight is 722 g/mol. The fourth-order valence-electron chi connectivity index (χ4n) is 7.24. The number of carbonyl (C=O) groups is 2. The molecule has 6 rings (SSSR count). The van der Waals surface area contributed by atoms with E-state index >= 15 is 0 Å². The van der Waals surface area contributed by atoms with Gasteiger partial charge in [0.2, 0.25) is 5.91 Å². The zero-order chi connectivity index (χ0) is 36.6. The van der Waals surface area contributed by atoms with E-state index in [-0.39, 0.29) is 61.6 Å². The van der Waals surface area contributed by atoms with Crippen LogP contribution in [0.1, 0.15) is 71.0 Å². The molecule has 4 heterocycles. The van der Waals surface area contributed by atoms with Crippen molar-refractivity contribution in [1.82, 2.24) is 23.9 Å². The molecule has 0 spiro atoms. The Kier molecular flexibility index (Phi) is 9.08. The van der Waals surface area contributed by atoms with Crippen LogP contribution >= 0.6 is 11.6 Å². The molecule has 3 fully saturated rings. The van der Waals surface area contributed by atoms with Crippen molar-refractivity contribution in [2.45, 2.75) is 96.9 Å². The van der Waals surface area contributed by atoms with Crippen molar-refractivity contribution in [3.63, 3.8) is 0 Å². The second-order valence-electron chi connectivity index (χ2n) is 15.3. The van der Waals surface area contributed by atoms with Crippen LogP contribution in [0.15, 0.2) is 35.4 Å². The number of fused-ring (bicyclic) bond motifs is 1. The molecule has 1 N–H and O–H groups in total. The zero-order valence-corrected chi connectivity index (χ0v) is 29.8. The monoisotopic (exact) mass is 721 g/mol. The van der Waals surface area contributed by atoms with Crippen LogP contribution in [0.5, 0.6) is 0 Å². The molecule has 272 valence electrons. The van der Waals surface area contributed by atoms with Crippen LogP contribution < -0.4 is 5.56 Å². The molecule has 15 heteroatoms. The van der Waals surface area contributed by atoms with Gasteiger partial charge in [-0.05, 0) is 83.2 Å². The number of aromatic nitrogens is 3. The first kappa shape index (κ1) is 36.2. The quantitative estimate of drug-likeness (QED) is 0.355. The number of halogens is 4. The summed E-state index contributed by atoms with van der Waals surface area (Å²) < 4.78 is 54.2. The van der Waals surface area contributed by atoms with Gasteiger partial charge in [-0.3, -0.25) is 23.6 Å². The average Bonchev–Trinajstić information content (AvgIpc) is 3.62. The maximum Gasteiger partial charge on any atom is 0.410 e. The maximum absolute atomic E-state index is 13.6. The molecule has 3 aliphatic rings. The summed E-state index contributed by atoms with van der Waals surface area (Å²) in [6, 6.07) is 6.78. The summed E-state index contributed by atoms with van der Waals surface area (Å²) in [5, 5.41) is 11.9. The van der Waals surface area contributed by atoms with Crippen molar-refractivity contribution in [3.8, 4) is 5.69 Å². The van der Waals surface area contributed by atoms with E-state index in [0.29, 0.717) is 24.5 Å². The van der Waals surface area contributed by atoms with E-state index < -0.39 is 46.3 Å². The molecule has 2 aliphatic heterocycles. The Labute approximate surface area is 292 Å². The molecule has 0 bridgehead atoms. The fourth-order valence-corrected chi connectivity index (χ4v) is 7.53. The number of rotatable bonds is 5. The van der Waals surface area contributed by atoms with Gasteiger partial charge in [0.25, 0.3) is 5.56 Å². The molecule has 1 aliphatic carbocycles. The number of nitrogens with zero attached hydrogens (tertiary/aromatic N) is 5. The summed E-state index contributed by atoms with van der Waals surface area (Å²) in [5.74, 6) is -2.20. The predicted molar refractivity (Wildman–Crippen MR) is 179 cm³/mol. The minimum absolute atomic E-state index is 0.0824. The lowest BCUT2D eigenvalue weighted by atomic mass is 9.90. The molecule has 4 atom stereocenters. The standard InChI is InChI=1S/C35H43ClF3N5O6/c1-20-13-22(7-8-23(20)25-17-49-21(2)16-43(25)31(47)50-32(3,4)5)44-27(36)14-24-28(44)40-19-42(29(24)45)18-34(48)9-11-41(12-10-34)30(46)33(6)15-26(33)35(37,38)39/h7-8,13-14,19,21,25-26,48H,9-12,15-18H2,1-6H3/t21-,25-,26-,33-/m1/s1. The Hall–Kier alpha value is -3.62. The lowest BCUT2D eigenvalue weighted by Crippen LogP contribution is -2.51. The number of aryl methyl sites for hydroxylation is 1. The van der Waals surface area contributed by atoms with Crippen LogP contribution in [0.25, 0.3) is 16.7 Å². The van der Waals surface area contributed by atoms with E-state index in [4.69, 9.17) is 21.1 Å². The minimum atomic E-state index is -4.42. The topological polar surface area (TPSA) is 119 Å². The highest BCUT2D eigenvalue weighted by Crippen LogP contribution is 2.61. The molecular weight excluding hydrogens is 679 g/mol. The highest BCUT2D eigenvalue weighted by molar-refractivity contribution is 6.31. The molecule has 1 aromatic carbocycles. The van der Waals surface area contributed by atoms with E-state index in [0.717, 1.165) is 11.1 Å². The van der Waals surface area contributed by atoms with Crippen LogP contribution in [-0.2, 0) is 20.8 Å². The predicted octanol–water partition coefficient (Wildman–Crippen LogP) is 5.79. The lowest BCUT2D eigenvalue weighted by molar-refractivity contribution is -0.165. The first-order valence-corrected chi connectivity index (χ1v) is 17.2. The number of benzene rings is 1. The smallest absolute Gasteiger partial charge is 0.410 e. The third-order valence-electron chi connectivity index (χ3n) is 10.2. The summed E-state index contributed by atoms with van der Waals surface area (Å²) in [5.41, 5.74) is -1.20. The summed E-state index contributed by atoms with van der Waals surface area (Å²) in [6.07, 6.45) is -3.69. The van der Waals surface area contributed by atoms with Gasteiger partial charge >= 0.3 is 12.3 Å². The Morgan fingerprint density at radius 1 is 1.16 bits per heavy atom. The van der Waals surface area contributed by atoms with Crippen molar-refractivity contribution < 1.29 is 37.3 Å². The zero-order valence-electron chi connectivity index (χ0n) is 29.0. The third-order valence-corrected chi connectivity index (χ3v) is 10.5. The van der Waals surface area contributed by atoms with E-state index in [1.165, 1.54) is 28.8 Å². The number of morpholine rings is 1. The van der Waals surface area contributed by atoms with Gasteiger partial charge in [0.15, 0.2) is 5.65 Å². The van der Waals surface area contributed by atoms with Crippen molar-refractivity contribution in [3.05, 3.63) is 57.2 Å². The molecule has 0 unspecified atom stereocenters. The molecule has 1 saturated carbocycles. The molecule has 3 aromatic rings. The van der Waals surface area contributed by atoms with Crippen LogP contribution in [0.2, 0.25) is 5.15 Å². The van der Waals surface area contributed by atoms with Gasteiger partial charge in [-0.2, -0.15) is 13.2 Å². The number of alkyl halides is 3. The number of hydrogen-bond donors (Lipinski definition) is 1. The highest BCUT2D eigenvalue weighted by Gasteiger charge is 2.68. The van der Waals surface area contributed by atoms with Crippen molar-refractivity contribution in [2.75, 3.05) is 26.2 Å². The molecular formula is C35H43ClF3N5O6. The van der Waals surface area contributed by atoms with Gasteiger partial charge in [-0.1, -0.05) is 24.6 Å². The summed E-state index contributed by atoms with van der Waals surface area (Å²) in [4.78, 5) is 47.3. The third kappa shape index (κ3) is 6.85. The second kappa shape index (κ2) is 12.6. The van der Waals surface area contributed by atoms with Gasteiger partial charge in [0.05, 0.1) is 54.2 Å². The Morgan fingerprint density at radius 2 is 1.84 bits per heavy atom. The van der Waals surface area contributed by atoms with Crippen molar-refractivity contribution in [1.29, 1.82) is 0 Å². The normalized spacial score (nSPS) is 25.5. The summed E-state index contributed by atoms with van der Waals surface area (Å²) in [7, 11) is 0. The van der Waals surface area contributed by atoms with Gasteiger partial charge in [0, 0.05) is 18.8 Å². The van der Waals surface area contributed by atoms with E-state index in [9.17, 15) is 32.7 Å². The van der Waals surface area contributed by atoms with Crippen LogP contribution in [0.3, 0.4) is 0 Å². The highest BCUT2D eigenvalue weighted by atomic mass is 35.5. The van der Waals surface area contributed by atoms with Crippen molar-refractivity contribution >= 4 is 34.6 Å². The molecule has 50 heavy (non-hydrogen) atoms. The Morgan fingerprint density at radius 3 is 2.44 bits per heavy atom. The fraction of sp³-hybridized carbons (Fsp3) is 0.600. The van der Waals surface area contributed by atoms with Crippen molar-refractivity contribution in [2.24, 2.45) is 11.3 Å².